The number of nitrogens with zero attached hydrogens (tertiary/aromatic N) is 9. The zero-order chi connectivity index (χ0) is 93.4. The fraction of sp³-hybridized carbons (Fsp3) is 0.308. The van der Waals surface area contributed by atoms with Gasteiger partial charge in [0.1, 0.15) is 35.6 Å². The van der Waals surface area contributed by atoms with Gasteiger partial charge in [-0.15, -0.1) is 0 Å². The number of carbonyl (C=O) groups is 3. The van der Waals surface area contributed by atoms with Gasteiger partial charge in [0, 0.05) is 130 Å². The summed E-state index contributed by atoms with van der Waals surface area (Å²) in [6.07, 6.45) is 3.07. The first-order valence-corrected chi connectivity index (χ1v) is 43.2. The fourth-order valence-corrected chi connectivity index (χ4v) is 18.1. The van der Waals surface area contributed by atoms with Crippen LogP contribution in [0, 0.1) is 20.8 Å². The van der Waals surface area contributed by atoms with Gasteiger partial charge in [-0.2, -0.15) is 26.3 Å². The lowest BCUT2D eigenvalue weighted by Crippen LogP contribution is -2.28. The van der Waals surface area contributed by atoms with Crippen molar-refractivity contribution in [3.63, 3.8) is 0 Å². The van der Waals surface area contributed by atoms with Crippen LogP contribution in [0.4, 0.5) is 26.3 Å². The number of hydrogen-bond donors (Lipinski definition) is 0. The largest absolute Gasteiger partial charge is 0.493 e. The second kappa shape index (κ2) is 35.4. The number of halogens is 6. The Labute approximate surface area is 750 Å². The zero-order valence-corrected chi connectivity index (χ0v) is 75.2. The van der Waals surface area contributed by atoms with E-state index in [0.29, 0.717) is 89.5 Å². The number of ether oxygens (including phenoxy) is 6. The summed E-state index contributed by atoms with van der Waals surface area (Å²) in [6, 6.07) is 37.8. The number of aromatic nitrogens is 9. The Balaban J connectivity index is 0.000000144. The van der Waals surface area contributed by atoms with Crippen molar-refractivity contribution in [2.75, 3.05) is 19.8 Å². The van der Waals surface area contributed by atoms with E-state index in [2.05, 4.69) is 15.0 Å². The van der Waals surface area contributed by atoms with Crippen molar-refractivity contribution < 1.29 is 69.1 Å². The van der Waals surface area contributed by atoms with Gasteiger partial charge in [0.25, 0.3) is 16.7 Å². The van der Waals surface area contributed by atoms with Crippen LogP contribution in [0.25, 0.3) is 98.8 Å². The van der Waals surface area contributed by atoms with Gasteiger partial charge in [0.15, 0.2) is 17.3 Å². The van der Waals surface area contributed by atoms with Crippen LogP contribution in [-0.4, -0.2) is 97.6 Å². The number of pyridine rings is 7. The summed E-state index contributed by atoms with van der Waals surface area (Å²) in [4.78, 5) is 107. The van der Waals surface area contributed by atoms with E-state index in [9.17, 15) is 55.1 Å². The minimum absolute atomic E-state index is 0.0512. The van der Waals surface area contributed by atoms with Gasteiger partial charge in [-0.3, -0.25) is 58.7 Å². The standard InChI is InChI=1S/C37H32F6N2O4.C34H33N3O4.C33H32N4O4/c1-19-14-27-25(7-9-29(47)45(27)18-21-15-23(36(38,39)40)17-24(16-21)37(41,42)43)32(30(19)34(20(2)46)49-35(3,4)5)26-6-8-28-31-22(11-13-48-28)10-12-44-33(26)31;1-20-18-26-24(7-9-28(39)37(26)19-22-10-14-35-15-11-22)31(29(20)33(21(2)38)41-34(3,4)5)25-6-8-27-30-23(13-17-40-27)12-16-36-32(25)30;1-19-16-25-23(7-9-27(39)37(25)18-22-17-34-13-14-35-22)30(28(19)32(20(2)38)41-33(3,4)5)24-6-8-26-29-21(11-15-40-26)10-12-36-31(24)29/h6-10,12,14-17,34H,11,13,18H2,1-5H3;6-12,14-16,18,33H,13,17,19H2,1-5H3;6-10,12-14,16-17,32H,11,15,18H2,1-5H3/t34-;33-;32-/m111/s1. The Morgan fingerprint density at radius 3 is 1.03 bits per heavy atom. The number of carbonyl (C=O) groups excluding carboxylic acids is 3. The molecule has 21 nitrogen and oxygen atoms in total. The van der Waals surface area contributed by atoms with Crippen molar-refractivity contribution in [2.45, 2.75) is 190 Å². The molecule has 0 amide bonds. The monoisotopic (exact) mass is 1780 g/mol. The predicted molar refractivity (Wildman–Crippen MR) is 491 cm³/mol. The second-order valence-electron chi connectivity index (χ2n) is 36.4. The van der Waals surface area contributed by atoms with Crippen LogP contribution in [0.5, 0.6) is 17.2 Å². The number of fused-ring (bicyclic) bond motifs is 3. The highest BCUT2D eigenvalue weighted by Crippen LogP contribution is 2.51. The van der Waals surface area contributed by atoms with Crippen LogP contribution >= 0.6 is 0 Å². The highest BCUT2D eigenvalue weighted by molar-refractivity contribution is 6.12. The average molecular weight is 1780 g/mol. The average Bonchev–Trinajstić information content (AvgIpc) is 0.733. The van der Waals surface area contributed by atoms with Crippen LogP contribution in [0.15, 0.2) is 203 Å². The van der Waals surface area contributed by atoms with E-state index in [4.69, 9.17) is 43.4 Å². The van der Waals surface area contributed by atoms with Gasteiger partial charge in [-0.25, -0.2) is 0 Å². The van der Waals surface area contributed by atoms with E-state index in [0.717, 1.165) is 134 Å². The molecule has 131 heavy (non-hydrogen) atoms. The number of alkyl halides is 6. The van der Waals surface area contributed by atoms with Gasteiger partial charge < -0.3 is 42.1 Å². The van der Waals surface area contributed by atoms with Crippen LogP contribution in [0.3, 0.4) is 0 Å². The highest BCUT2D eigenvalue weighted by Gasteiger charge is 2.40. The summed E-state index contributed by atoms with van der Waals surface area (Å²) < 4.78 is 124. The van der Waals surface area contributed by atoms with E-state index in [-0.39, 0.29) is 52.2 Å². The van der Waals surface area contributed by atoms with Gasteiger partial charge in [0.2, 0.25) is 0 Å². The smallest absolute Gasteiger partial charge is 0.416 e. The minimum atomic E-state index is -5.06. The lowest BCUT2D eigenvalue weighted by Gasteiger charge is -2.30. The molecule has 0 saturated heterocycles. The lowest BCUT2D eigenvalue weighted by atomic mass is 9.85. The van der Waals surface area contributed by atoms with E-state index >= 15 is 0 Å². The molecule has 0 bridgehead atoms. The van der Waals surface area contributed by atoms with E-state index < -0.39 is 70.7 Å². The van der Waals surface area contributed by atoms with Gasteiger partial charge in [-0.1, -0.05) is 0 Å². The van der Waals surface area contributed by atoms with Crippen LogP contribution in [-0.2, 0) is 79.8 Å². The van der Waals surface area contributed by atoms with Crippen molar-refractivity contribution in [1.29, 1.82) is 0 Å². The molecule has 0 unspecified atom stereocenters. The molecular weight excluding hydrogens is 1680 g/mol. The molecule has 0 saturated carbocycles. The summed E-state index contributed by atoms with van der Waals surface area (Å²) in [6.45, 7) is 29.1. The topological polar surface area (TPSA) is 250 Å². The highest BCUT2D eigenvalue weighted by atomic mass is 19.4. The fourth-order valence-electron chi connectivity index (χ4n) is 18.1. The summed E-state index contributed by atoms with van der Waals surface area (Å²) in [5, 5.41) is 4.82. The number of aryl methyl sites for hydroxylation is 3. The molecule has 7 aromatic carbocycles. The third-order valence-corrected chi connectivity index (χ3v) is 23.5. The third-order valence-electron chi connectivity index (χ3n) is 23.5. The molecule has 3 atom stereocenters. The van der Waals surface area contributed by atoms with E-state index in [1.165, 1.54) is 24.1 Å². The molecule has 0 spiro atoms. The Hall–Kier alpha value is -13.5. The molecule has 18 rings (SSSR count). The summed E-state index contributed by atoms with van der Waals surface area (Å²) in [5.74, 6) is 1.74. The molecule has 0 fully saturated rings. The lowest BCUT2D eigenvalue weighted by molar-refractivity contribution is -0.143. The number of ketones is 3. The van der Waals surface area contributed by atoms with E-state index in [1.54, 1.807) is 103 Å². The van der Waals surface area contributed by atoms with E-state index in [1.807, 2.05) is 167 Å². The van der Waals surface area contributed by atoms with Crippen molar-refractivity contribution in [3.05, 3.63) is 298 Å². The Morgan fingerprint density at radius 1 is 0.382 bits per heavy atom. The second-order valence-corrected chi connectivity index (χ2v) is 36.4. The van der Waals surface area contributed by atoms with Crippen molar-refractivity contribution in [1.82, 2.24) is 43.6 Å². The zero-order valence-electron chi connectivity index (χ0n) is 75.2. The van der Waals surface area contributed by atoms with Gasteiger partial charge in [0.05, 0.1) is 112 Å². The molecule has 0 radical (unpaired) electrons. The van der Waals surface area contributed by atoms with Crippen LogP contribution in [0.2, 0.25) is 0 Å². The Bertz CT molecular complexity index is 6980. The van der Waals surface area contributed by atoms with Crippen molar-refractivity contribution in [2.24, 2.45) is 0 Å². The number of Topliss-reactive ketones (excluding diaryl/α,β-unsaturated/α-hetero) is 3. The van der Waals surface area contributed by atoms with Gasteiger partial charge >= 0.3 is 12.4 Å². The predicted octanol–water partition coefficient (Wildman–Crippen LogP) is 21.1. The van der Waals surface area contributed by atoms with Crippen molar-refractivity contribution in [3.8, 4) is 50.6 Å². The third kappa shape index (κ3) is 18.5. The molecule has 672 valence electrons. The summed E-state index contributed by atoms with van der Waals surface area (Å²) >= 11 is 0. The number of hydrogen-bond acceptors (Lipinski definition) is 18. The minimum Gasteiger partial charge on any atom is -0.493 e. The number of rotatable bonds is 18. The molecular formula is C104H97F6N9O12. The molecule has 15 aromatic rings. The molecule has 0 aliphatic carbocycles. The van der Waals surface area contributed by atoms with Crippen molar-refractivity contribution >= 4 is 82.8 Å². The normalized spacial score (nSPS) is 14.0. The first-order valence-electron chi connectivity index (χ1n) is 43.2. The molecule has 3 aliphatic rings. The molecule has 8 aromatic heterocycles. The summed E-state index contributed by atoms with van der Waals surface area (Å²) in [5.41, 5.74) is 11.5. The molecule has 27 heteroatoms. The number of benzene rings is 7. The first-order chi connectivity index (χ1) is 62.1. The van der Waals surface area contributed by atoms with Crippen LogP contribution < -0.4 is 30.9 Å². The first kappa shape index (κ1) is 90.8. The van der Waals surface area contributed by atoms with Crippen LogP contribution in [0.1, 0.15) is 179 Å². The van der Waals surface area contributed by atoms with Gasteiger partial charge in [-0.05, 0) is 303 Å². The maximum atomic E-state index is 13.7. The molecule has 11 heterocycles. The SMILES string of the molecule is CC(=O)[C@@H](OC(C)(C)C)c1c(C)cc2c(ccc(=O)n2Cc2cc(C(F)(F)F)cc(C(F)(F)F)c2)c1-c1ccc2c3c(ccnc13)CCO2.CC(=O)[C@@H](OC(C)(C)C)c1c(C)cc2c(ccc(=O)n2Cc2ccncc2)c1-c1ccc2c3c(ccnc13)CCO2.CC(=O)[C@@H](OC(C)(C)C)c1c(C)cc2c(ccc(=O)n2Cc2cnccn2)c1-c1ccc2c3c(ccnc13)CCO2. The molecule has 3 aliphatic heterocycles. The summed E-state index contributed by atoms with van der Waals surface area (Å²) in [7, 11) is 0. The maximum Gasteiger partial charge on any atom is 0.416 e. The Morgan fingerprint density at radius 2 is 0.718 bits per heavy atom. The molecule has 0 N–H and O–H groups in total. The quantitative estimate of drug-likeness (QED) is 0.0724. The maximum absolute atomic E-state index is 13.7. The Kier molecular flexibility index (Phi) is 24.6.